The van der Waals surface area contributed by atoms with Gasteiger partial charge in [0.05, 0.1) is 5.76 Å². The molecule has 0 saturated heterocycles. The summed E-state index contributed by atoms with van der Waals surface area (Å²) in [5, 5.41) is 13.6. The lowest BCUT2D eigenvalue weighted by molar-refractivity contribution is -0.146. The molecule has 0 heterocycles. The van der Waals surface area contributed by atoms with Crippen molar-refractivity contribution in [2.75, 3.05) is 0 Å². The molecule has 4 rings (SSSR count). The Bertz CT molecular complexity index is 701. The van der Waals surface area contributed by atoms with Gasteiger partial charge in [-0.3, -0.25) is 4.79 Å². The van der Waals surface area contributed by atoms with Crippen molar-refractivity contribution in [1.29, 1.82) is 0 Å². The molecule has 4 saturated carbocycles. The molecule has 0 aromatic carbocycles. The van der Waals surface area contributed by atoms with Gasteiger partial charge in [0.15, 0.2) is 0 Å². The van der Waals surface area contributed by atoms with E-state index in [0.29, 0.717) is 46.3 Å². The predicted molar refractivity (Wildman–Crippen MR) is 128 cm³/mol. The van der Waals surface area contributed by atoms with E-state index in [1.165, 1.54) is 32.1 Å². The number of Topliss-reactive ketones (excluding diaryl/α,β-unsaturated/α-hetero) is 1. The smallest absolute Gasteiger partial charge is 0.133 e. The molecule has 2 N–H and O–H groups in total. The van der Waals surface area contributed by atoms with Crippen molar-refractivity contribution in [3.05, 3.63) is 12.3 Å². The summed E-state index contributed by atoms with van der Waals surface area (Å²) in [6.45, 7) is 15.8. The van der Waals surface area contributed by atoms with E-state index in [4.69, 9.17) is 0 Å². The second kappa shape index (κ2) is 8.50. The first-order chi connectivity index (χ1) is 14.6. The topological polar surface area (TPSA) is 49.3 Å². The Morgan fingerprint density at radius 1 is 1.10 bits per heavy atom. The first-order valence-corrected chi connectivity index (χ1v) is 13.2. The van der Waals surface area contributed by atoms with Crippen molar-refractivity contribution in [3.8, 4) is 0 Å². The maximum atomic E-state index is 12.5. The number of fused-ring (bicyclic) bond motifs is 5. The summed E-state index contributed by atoms with van der Waals surface area (Å²) in [7, 11) is 0. The van der Waals surface area contributed by atoms with Gasteiger partial charge in [0.25, 0.3) is 0 Å². The van der Waals surface area contributed by atoms with Crippen molar-refractivity contribution in [2.45, 2.75) is 111 Å². The molecule has 9 atom stereocenters. The van der Waals surface area contributed by atoms with Crippen LogP contribution in [0.15, 0.2) is 12.3 Å². The summed E-state index contributed by atoms with van der Waals surface area (Å²) in [6.07, 6.45) is 11.2. The second-order valence-corrected chi connectivity index (χ2v) is 12.7. The third kappa shape index (κ3) is 4.02. The highest BCUT2D eigenvalue weighted by molar-refractivity contribution is 5.79. The quantitative estimate of drug-likeness (QED) is 0.463. The molecule has 1 unspecified atom stereocenters. The van der Waals surface area contributed by atoms with E-state index in [0.717, 1.165) is 55.8 Å². The first-order valence-electron chi connectivity index (χ1n) is 13.2. The van der Waals surface area contributed by atoms with Gasteiger partial charge in [-0.05, 0) is 91.3 Å². The lowest BCUT2D eigenvalue weighted by Crippen LogP contribution is -2.61. The number of hydrogen-bond donors (Lipinski definition) is 2. The largest absolute Gasteiger partial charge is 0.513 e. The van der Waals surface area contributed by atoms with Crippen LogP contribution in [-0.4, -0.2) is 23.0 Å². The number of ketones is 1. The minimum atomic E-state index is 0.322. The van der Waals surface area contributed by atoms with E-state index in [1.807, 2.05) is 0 Å². The average Bonchev–Trinajstić information content (AvgIpc) is 3.04. The molecule has 0 aliphatic heterocycles. The summed E-state index contributed by atoms with van der Waals surface area (Å²) in [5.74, 6) is 5.20. The van der Waals surface area contributed by atoms with Crippen LogP contribution in [0.4, 0.5) is 0 Å². The van der Waals surface area contributed by atoms with Crippen molar-refractivity contribution < 1.29 is 9.90 Å². The van der Waals surface area contributed by atoms with E-state index < -0.39 is 0 Å². The third-order valence-corrected chi connectivity index (χ3v) is 10.7. The van der Waals surface area contributed by atoms with Crippen LogP contribution >= 0.6 is 0 Å². The summed E-state index contributed by atoms with van der Waals surface area (Å²) in [4.78, 5) is 12.5. The van der Waals surface area contributed by atoms with E-state index in [1.54, 1.807) is 0 Å². The fraction of sp³-hybridized carbons (Fsp3) is 0.893. The normalized spacial score (nSPS) is 45.7. The van der Waals surface area contributed by atoms with Crippen LogP contribution in [0.25, 0.3) is 0 Å². The predicted octanol–water partition coefficient (Wildman–Crippen LogP) is 6.68. The fourth-order valence-electron chi connectivity index (χ4n) is 9.31. The molecule has 0 amide bonds. The molecule has 0 aromatic rings. The number of hydrogen-bond acceptors (Lipinski definition) is 3. The van der Waals surface area contributed by atoms with Gasteiger partial charge >= 0.3 is 0 Å². The zero-order valence-corrected chi connectivity index (χ0v) is 20.8. The second-order valence-electron chi connectivity index (χ2n) is 12.7. The number of aliphatic hydroxyl groups is 1. The zero-order chi connectivity index (χ0) is 22.6. The Hall–Kier alpha value is -0.830. The molecule has 0 radical (unpaired) electrons. The number of nitrogens with one attached hydrogen (secondary N) is 1. The Kier molecular flexibility index (Phi) is 6.40. The molecule has 0 aromatic heterocycles. The molecule has 31 heavy (non-hydrogen) atoms. The molecule has 176 valence electrons. The Labute approximate surface area is 190 Å². The van der Waals surface area contributed by atoms with E-state index in [-0.39, 0.29) is 0 Å². The molecule has 0 bridgehead atoms. The van der Waals surface area contributed by atoms with Crippen LogP contribution in [0.1, 0.15) is 98.8 Å². The van der Waals surface area contributed by atoms with Gasteiger partial charge in [-0.25, -0.2) is 0 Å². The minimum absolute atomic E-state index is 0.322. The molecular formula is C28H47NO2. The Morgan fingerprint density at radius 3 is 2.48 bits per heavy atom. The highest BCUT2D eigenvalue weighted by atomic mass is 16.3. The van der Waals surface area contributed by atoms with Gasteiger partial charge < -0.3 is 10.4 Å². The van der Waals surface area contributed by atoms with Crippen molar-refractivity contribution >= 4 is 5.78 Å². The maximum absolute atomic E-state index is 12.5. The summed E-state index contributed by atoms with van der Waals surface area (Å²) >= 11 is 0. The SMILES string of the molecule is C=C(O)CC[C@@H](C)[C@H]1CC[C@H]2[C@@H]3CC(NC(C)C)[C@@H]4CC(=O)CC[C@]4(C)[C@H]3CC[C@]12C. The molecule has 4 aliphatic carbocycles. The Balaban J connectivity index is 1.59. The van der Waals surface area contributed by atoms with Gasteiger partial charge in [0.2, 0.25) is 0 Å². The van der Waals surface area contributed by atoms with Gasteiger partial charge in [-0.15, -0.1) is 0 Å². The van der Waals surface area contributed by atoms with Crippen LogP contribution in [0.5, 0.6) is 0 Å². The lowest BCUT2D eigenvalue weighted by Gasteiger charge is -2.62. The summed E-state index contributed by atoms with van der Waals surface area (Å²) in [5.41, 5.74) is 0.760. The summed E-state index contributed by atoms with van der Waals surface area (Å²) < 4.78 is 0. The van der Waals surface area contributed by atoms with Crippen molar-refractivity contribution in [3.63, 3.8) is 0 Å². The van der Waals surface area contributed by atoms with Gasteiger partial charge in [-0.1, -0.05) is 41.2 Å². The van der Waals surface area contributed by atoms with Crippen molar-refractivity contribution in [2.24, 2.45) is 46.3 Å². The number of rotatable bonds is 6. The van der Waals surface area contributed by atoms with Crippen LogP contribution in [-0.2, 0) is 4.79 Å². The van der Waals surface area contributed by atoms with Gasteiger partial charge in [0, 0.05) is 31.3 Å². The van der Waals surface area contributed by atoms with Crippen LogP contribution in [0.3, 0.4) is 0 Å². The summed E-state index contributed by atoms with van der Waals surface area (Å²) in [6, 6.07) is 0.966. The van der Waals surface area contributed by atoms with Crippen LogP contribution < -0.4 is 5.32 Å². The zero-order valence-electron chi connectivity index (χ0n) is 20.8. The highest BCUT2D eigenvalue weighted by Crippen LogP contribution is 2.68. The molecular weight excluding hydrogens is 382 g/mol. The number of allylic oxidation sites excluding steroid dienone is 1. The first kappa shape index (κ1) is 23.3. The van der Waals surface area contributed by atoms with Crippen molar-refractivity contribution in [1.82, 2.24) is 5.32 Å². The van der Waals surface area contributed by atoms with E-state index in [9.17, 15) is 9.90 Å². The van der Waals surface area contributed by atoms with E-state index in [2.05, 4.69) is 46.5 Å². The van der Waals surface area contributed by atoms with Crippen LogP contribution in [0, 0.1) is 46.3 Å². The third-order valence-electron chi connectivity index (χ3n) is 10.7. The molecule has 0 spiro atoms. The number of carbonyl (C=O) groups excluding carboxylic acids is 1. The average molecular weight is 430 g/mol. The van der Waals surface area contributed by atoms with Crippen LogP contribution in [0.2, 0.25) is 0 Å². The highest BCUT2D eigenvalue weighted by Gasteiger charge is 2.62. The van der Waals surface area contributed by atoms with Gasteiger partial charge in [0.1, 0.15) is 5.78 Å². The van der Waals surface area contributed by atoms with Gasteiger partial charge in [-0.2, -0.15) is 0 Å². The number of carbonyl (C=O) groups is 1. The molecule has 4 fully saturated rings. The monoisotopic (exact) mass is 429 g/mol. The molecule has 3 heteroatoms. The maximum Gasteiger partial charge on any atom is 0.133 e. The standard InChI is InChI=1S/C28H47NO2/c1-17(2)29-26-16-21-23-10-9-22(18(3)7-8-19(4)30)27(23,5)14-12-24(21)28(6)13-11-20(31)15-25(26)28/h17-18,21-26,29-30H,4,7-16H2,1-3,5-6H3/t18-,21+,22-,23+,24+,25+,26?,27-,28-/m1/s1. The molecule has 4 aliphatic rings. The fourth-order valence-corrected chi connectivity index (χ4v) is 9.31. The lowest BCUT2D eigenvalue weighted by atomic mass is 9.43. The van der Waals surface area contributed by atoms with E-state index >= 15 is 0 Å². The Morgan fingerprint density at radius 2 is 1.81 bits per heavy atom. The number of aliphatic hydroxyl groups excluding tert-OH is 1. The molecule has 3 nitrogen and oxygen atoms in total. The minimum Gasteiger partial charge on any atom is -0.513 e.